The third kappa shape index (κ3) is 10.9. The number of carboxylic acid groups (broad SMARTS) is 1. The largest absolute Gasteiger partial charge is 0.481 e. The number of nitrogens with one attached hydrogen (secondary N) is 3. The van der Waals surface area contributed by atoms with Crippen LogP contribution >= 0.6 is 0 Å². The van der Waals surface area contributed by atoms with Gasteiger partial charge in [0.15, 0.2) is 6.10 Å². The van der Waals surface area contributed by atoms with Crippen molar-refractivity contribution in [1.29, 1.82) is 0 Å². The summed E-state index contributed by atoms with van der Waals surface area (Å²) in [5.41, 5.74) is 6.30. The van der Waals surface area contributed by atoms with Crippen LogP contribution in [0.2, 0.25) is 0 Å². The molecule has 10 N–H and O–H groups in total. The van der Waals surface area contributed by atoms with E-state index < -0.39 is 79.2 Å². The van der Waals surface area contributed by atoms with Crippen LogP contribution in [0.25, 0.3) is 0 Å². The molecule has 0 saturated heterocycles. The van der Waals surface area contributed by atoms with E-state index in [9.17, 15) is 44.7 Å². The summed E-state index contributed by atoms with van der Waals surface area (Å²) < 4.78 is 0. The molecular formula is C26H42N4O9. The van der Waals surface area contributed by atoms with E-state index in [0.717, 1.165) is 0 Å². The van der Waals surface area contributed by atoms with E-state index in [2.05, 4.69) is 16.0 Å². The Morgan fingerprint density at radius 2 is 1.44 bits per heavy atom. The van der Waals surface area contributed by atoms with E-state index in [4.69, 9.17) is 5.73 Å². The minimum absolute atomic E-state index is 0.0340. The summed E-state index contributed by atoms with van der Waals surface area (Å²) >= 11 is 0. The van der Waals surface area contributed by atoms with Gasteiger partial charge in [0.2, 0.25) is 11.8 Å². The summed E-state index contributed by atoms with van der Waals surface area (Å²) in [6.45, 7) is 6.24. The van der Waals surface area contributed by atoms with E-state index in [1.807, 2.05) is 13.8 Å². The number of carboxylic acids is 1. The molecule has 1 aromatic carbocycles. The van der Waals surface area contributed by atoms with Gasteiger partial charge in [-0.25, -0.2) is 0 Å². The summed E-state index contributed by atoms with van der Waals surface area (Å²) in [5.74, 6) is -3.96. The molecule has 0 fully saturated rings. The van der Waals surface area contributed by atoms with Crippen LogP contribution in [0.5, 0.6) is 0 Å². The lowest BCUT2D eigenvalue weighted by Crippen LogP contribution is -2.60. The molecule has 0 aliphatic carbocycles. The number of carbonyl (C=O) groups is 4. The van der Waals surface area contributed by atoms with Crippen molar-refractivity contribution in [3.8, 4) is 0 Å². The quantitative estimate of drug-likeness (QED) is 0.113. The van der Waals surface area contributed by atoms with Crippen molar-refractivity contribution in [3.05, 3.63) is 35.9 Å². The van der Waals surface area contributed by atoms with Gasteiger partial charge in [-0.05, 0) is 23.8 Å². The number of aliphatic carboxylic acids is 1. The van der Waals surface area contributed by atoms with Gasteiger partial charge >= 0.3 is 5.97 Å². The summed E-state index contributed by atoms with van der Waals surface area (Å²) in [6, 6.07) is 3.59. The third-order valence-electron chi connectivity index (χ3n) is 6.14. The zero-order valence-corrected chi connectivity index (χ0v) is 22.7. The van der Waals surface area contributed by atoms with Gasteiger partial charge in [-0.1, -0.05) is 58.0 Å². The van der Waals surface area contributed by atoms with Crippen molar-refractivity contribution in [2.45, 2.75) is 83.0 Å². The smallest absolute Gasteiger partial charge is 0.305 e. The second kappa shape index (κ2) is 16.1. The number of nitrogens with two attached hydrogens (primary N) is 1. The molecule has 0 aliphatic rings. The first-order valence-electron chi connectivity index (χ1n) is 12.8. The van der Waals surface area contributed by atoms with Crippen molar-refractivity contribution < 1.29 is 44.7 Å². The van der Waals surface area contributed by atoms with Gasteiger partial charge in [-0.3, -0.25) is 19.2 Å². The van der Waals surface area contributed by atoms with E-state index in [-0.39, 0.29) is 18.3 Å². The molecular weight excluding hydrogens is 512 g/mol. The summed E-state index contributed by atoms with van der Waals surface area (Å²) in [4.78, 5) is 49.3. The lowest BCUT2D eigenvalue weighted by atomic mass is 9.97. The van der Waals surface area contributed by atoms with Crippen LogP contribution in [0, 0.1) is 11.8 Å². The number of amides is 3. The Morgan fingerprint density at radius 1 is 0.846 bits per heavy atom. The van der Waals surface area contributed by atoms with Gasteiger partial charge in [0, 0.05) is 0 Å². The fraction of sp³-hybridized carbons (Fsp3) is 0.615. The highest BCUT2D eigenvalue weighted by Gasteiger charge is 2.37. The molecule has 0 spiro atoms. The maximum Gasteiger partial charge on any atom is 0.305 e. The molecule has 3 amide bonds. The first kappa shape index (κ1) is 33.9. The van der Waals surface area contributed by atoms with E-state index in [1.54, 1.807) is 44.2 Å². The van der Waals surface area contributed by atoms with E-state index >= 15 is 0 Å². The minimum Gasteiger partial charge on any atom is -0.481 e. The van der Waals surface area contributed by atoms with E-state index in [1.165, 1.54) is 0 Å². The molecule has 0 bridgehead atoms. The number of carbonyl (C=O) groups excluding carboxylic acids is 3. The molecule has 0 heterocycles. The van der Waals surface area contributed by atoms with Crippen LogP contribution in [0.1, 0.15) is 52.1 Å². The lowest BCUT2D eigenvalue weighted by molar-refractivity contribution is -0.145. The van der Waals surface area contributed by atoms with Crippen molar-refractivity contribution in [1.82, 2.24) is 16.0 Å². The molecule has 0 radical (unpaired) electrons. The number of rotatable bonds is 16. The first-order valence-corrected chi connectivity index (χ1v) is 12.8. The average molecular weight is 555 g/mol. The molecule has 7 atom stereocenters. The molecule has 0 aromatic heterocycles. The summed E-state index contributed by atoms with van der Waals surface area (Å²) in [5, 5.41) is 57.6. The number of benzene rings is 1. The van der Waals surface area contributed by atoms with Crippen LogP contribution in [0.4, 0.5) is 0 Å². The zero-order valence-electron chi connectivity index (χ0n) is 22.7. The summed E-state index contributed by atoms with van der Waals surface area (Å²) in [6.07, 6.45) is -6.73. The van der Waals surface area contributed by atoms with Gasteiger partial charge < -0.3 is 47.2 Å². The topological polar surface area (TPSA) is 232 Å². The van der Waals surface area contributed by atoms with Crippen LogP contribution in [-0.4, -0.2) is 92.3 Å². The Hall–Kier alpha value is -3.10. The third-order valence-corrected chi connectivity index (χ3v) is 6.14. The molecule has 0 aliphatic heterocycles. The SMILES string of the molecule is CC(C)C[C@H](NC(=O)[C@@H](N)C(C)C)C(=O)N[C@H](CO)[C@H](O)[C@H](O)[C@@H](O)C(=O)N[C@H](CC(=O)O)c1ccccc1. The average Bonchev–Trinajstić information content (AvgIpc) is 2.88. The van der Waals surface area contributed by atoms with Crippen LogP contribution in [-0.2, 0) is 19.2 Å². The second-order valence-corrected chi connectivity index (χ2v) is 10.3. The highest BCUT2D eigenvalue weighted by Crippen LogP contribution is 2.18. The molecule has 39 heavy (non-hydrogen) atoms. The molecule has 13 nitrogen and oxygen atoms in total. The molecule has 1 aromatic rings. The van der Waals surface area contributed by atoms with Crippen LogP contribution < -0.4 is 21.7 Å². The Labute approximate surface area is 227 Å². The Kier molecular flexibility index (Phi) is 14.0. The van der Waals surface area contributed by atoms with Gasteiger partial charge in [-0.15, -0.1) is 0 Å². The number of hydrogen-bond acceptors (Lipinski definition) is 9. The molecule has 0 saturated carbocycles. The standard InChI is InChI=1S/C26H42N4O9/c1-13(2)10-17(29-25(38)20(27)14(3)4)24(37)30-18(12-31)21(34)22(35)23(36)26(39)28-16(11-19(32)33)15-8-6-5-7-9-15/h5-9,13-14,16-18,20-23,31,34-36H,10-12,27H2,1-4H3,(H,28,39)(H,29,38)(H,30,37)(H,32,33)/t16-,17+,18-,20+,21+,22+,23-/m1/s1. The maximum atomic E-state index is 12.9. The van der Waals surface area contributed by atoms with Crippen molar-refractivity contribution >= 4 is 23.7 Å². The first-order chi connectivity index (χ1) is 18.2. The van der Waals surface area contributed by atoms with Gasteiger partial charge in [0.1, 0.15) is 18.2 Å². The molecule has 1 rings (SSSR count). The number of aliphatic hydroxyl groups excluding tert-OH is 4. The predicted molar refractivity (Wildman–Crippen MR) is 141 cm³/mol. The minimum atomic E-state index is -2.24. The molecule has 0 unspecified atom stereocenters. The molecule has 220 valence electrons. The van der Waals surface area contributed by atoms with Crippen molar-refractivity contribution in [2.75, 3.05) is 6.61 Å². The highest BCUT2D eigenvalue weighted by atomic mass is 16.4. The fourth-order valence-corrected chi connectivity index (χ4v) is 3.75. The number of hydrogen-bond donors (Lipinski definition) is 9. The van der Waals surface area contributed by atoms with E-state index in [0.29, 0.717) is 5.56 Å². The normalized spacial score (nSPS) is 16.9. The predicted octanol–water partition coefficient (Wildman–Crippen LogP) is -1.61. The van der Waals surface area contributed by atoms with Crippen LogP contribution in [0.15, 0.2) is 30.3 Å². The van der Waals surface area contributed by atoms with Gasteiger partial charge in [0.05, 0.1) is 31.2 Å². The lowest BCUT2D eigenvalue weighted by Gasteiger charge is -2.31. The van der Waals surface area contributed by atoms with Gasteiger partial charge in [-0.2, -0.15) is 0 Å². The second-order valence-electron chi connectivity index (χ2n) is 10.3. The van der Waals surface area contributed by atoms with Gasteiger partial charge in [0.25, 0.3) is 5.91 Å². The molecule has 13 heteroatoms. The maximum absolute atomic E-state index is 12.9. The highest BCUT2D eigenvalue weighted by molar-refractivity contribution is 5.90. The number of aliphatic hydroxyl groups is 4. The Balaban J connectivity index is 2.95. The fourth-order valence-electron chi connectivity index (χ4n) is 3.75. The Morgan fingerprint density at radius 3 is 1.92 bits per heavy atom. The van der Waals surface area contributed by atoms with Crippen molar-refractivity contribution in [3.63, 3.8) is 0 Å². The Bertz CT molecular complexity index is 945. The van der Waals surface area contributed by atoms with Crippen LogP contribution in [0.3, 0.4) is 0 Å². The zero-order chi connectivity index (χ0) is 29.9. The monoisotopic (exact) mass is 554 g/mol. The summed E-state index contributed by atoms with van der Waals surface area (Å²) in [7, 11) is 0. The van der Waals surface area contributed by atoms with Crippen molar-refractivity contribution in [2.24, 2.45) is 17.6 Å².